The third kappa shape index (κ3) is 1.91. The van der Waals surface area contributed by atoms with E-state index in [2.05, 4.69) is 0 Å². The number of methoxy groups -OCH3 is 2. The quantitative estimate of drug-likeness (QED) is 0.798. The highest BCUT2D eigenvalue weighted by atomic mass is 16.5. The lowest BCUT2D eigenvalue weighted by Gasteiger charge is -2.17. The molecule has 0 amide bonds. The summed E-state index contributed by atoms with van der Waals surface area (Å²) in [4.78, 5) is 24.0. The van der Waals surface area contributed by atoms with Crippen molar-refractivity contribution in [3.05, 3.63) is 40.5 Å². The van der Waals surface area contributed by atoms with Crippen molar-refractivity contribution in [2.24, 2.45) is 0 Å². The van der Waals surface area contributed by atoms with Crippen LogP contribution in [0.25, 0.3) is 16.8 Å². The van der Waals surface area contributed by atoms with E-state index in [1.807, 2.05) is 19.1 Å². The minimum atomic E-state index is -0.454. The lowest BCUT2D eigenvalue weighted by Crippen LogP contribution is -2.20. The van der Waals surface area contributed by atoms with Gasteiger partial charge in [0.05, 0.1) is 14.2 Å². The van der Waals surface area contributed by atoms with Gasteiger partial charge >= 0.3 is 0 Å². The highest BCUT2D eigenvalue weighted by molar-refractivity contribution is 6.51. The molecule has 2 aromatic rings. The maximum Gasteiger partial charge on any atom is 0.233 e. The van der Waals surface area contributed by atoms with E-state index in [0.29, 0.717) is 22.6 Å². The number of ether oxygens (including phenoxy) is 2. The van der Waals surface area contributed by atoms with Crippen LogP contribution in [-0.4, -0.2) is 25.8 Å². The van der Waals surface area contributed by atoms with Crippen molar-refractivity contribution in [3.8, 4) is 11.5 Å². The molecule has 4 heteroatoms. The molecule has 1 aliphatic rings. The lowest BCUT2D eigenvalue weighted by atomic mass is 9.87. The maximum absolute atomic E-state index is 12.2. The first-order chi connectivity index (χ1) is 10.5. The molecule has 0 aromatic heterocycles. The molecule has 0 heterocycles. The topological polar surface area (TPSA) is 52.6 Å². The van der Waals surface area contributed by atoms with Gasteiger partial charge in [0.2, 0.25) is 11.6 Å². The minimum absolute atomic E-state index is 0.440. The van der Waals surface area contributed by atoms with E-state index in [9.17, 15) is 9.59 Å². The summed E-state index contributed by atoms with van der Waals surface area (Å²) < 4.78 is 10.8. The maximum atomic E-state index is 12.2. The molecule has 0 radical (unpaired) electrons. The standard InChI is InChI=1S/C18H16O4/c1-9-5-11-6-13-10(2)18(22-4)15(21-3)8-12(13)7-14(11)17(20)16(9)19/h5-8H,1-4H3. The third-order valence-corrected chi connectivity index (χ3v) is 4.08. The van der Waals surface area contributed by atoms with Crippen molar-refractivity contribution in [3.63, 3.8) is 0 Å². The lowest BCUT2D eigenvalue weighted by molar-refractivity contribution is -0.111. The minimum Gasteiger partial charge on any atom is -0.493 e. The molecule has 0 saturated heterocycles. The van der Waals surface area contributed by atoms with Crippen molar-refractivity contribution in [2.75, 3.05) is 14.2 Å². The second kappa shape index (κ2) is 4.98. The van der Waals surface area contributed by atoms with Crippen LogP contribution < -0.4 is 9.47 Å². The Morgan fingerprint density at radius 2 is 1.64 bits per heavy atom. The summed E-state index contributed by atoms with van der Waals surface area (Å²) in [5.74, 6) is 0.385. The summed E-state index contributed by atoms with van der Waals surface area (Å²) in [5, 5.41) is 1.82. The molecule has 2 aromatic carbocycles. The van der Waals surface area contributed by atoms with E-state index in [-0.39, 0.29) is 0 Å². The Labute approximate surface area is 128 Å². The van der Waals surface area contributed by atoms with Crippen molar-refractivity contribution < 1.29 is 19.1 Å². The highest BCUT2D eigenvalue weighted by Gasteiger charge is 2.26. The molecule has 22 heavy (non-hydrogen) atoms. The Bertz CT molecular complexity index is 859. The summed E-state index contributed by atoms with van der Waals surface area (Å²) in [7, 11) is 3.17. The van der Waals surface area contributed by atoms with Crippen LogP contribution in [0.2, 0.25) is 0 Å². The fourth-order valence-corrected chi connectivity index (χ4v) is 2.91. The Morgan fingerprint density at radius 3 is 2.27 bits per heavy atom. The average molecular weight is 296 g/mol. The smallest absolute Gasteiger partial charge is 0.233 e. The van der Waals surface area contributed by atoms with E-state index in [1.165, 1.54) is 0 Å². The number of aryl methyl sites for hydroxylation is 1. The molecule has 0 saturated carbocycles. The molecular weight excluding hydrogens is 280 g/mol. The van der Waals surface area contributed by atoms with Gasteiger partial charge in [-0.05, 0) is 54.5 Å². The first-order valence-corrected chi connectivity index (χ1v) is 6.94. The molecule has 0 fully saturated rings. The SMILES string of the molecule is COc1cc2cc3c(cc2c(C)c1OC)C=C(C)C(=O)C3=O. The second-order valence-electron chi connectivity index (χ2n) is 5.38. The van der Waals surface area contributed by atoms with Crippen LogP contribution in [0, 0.1) is 6.92 Å². The molecule has 112 valence electrons. The summed E-state index contributed by atoms with van der Waals surface area (Å²) in [6.45, 7) is 3.61. The van der Waals surface area contributed by atoms with Gasteiger partial charge in [0.1, 0.15) is 0 Å². The van der Waals surface area contributed by atoms with Gasteiger partial charge in [-0.1, -0.05) is 0 Å². The summed E-state index contributed by atoms with van der Waals surface area (Å²) in [6, 6.07) is 5.50. The highest BCUT2D eigenvalue weighted by Crippen LogP contribution is 2.38. The molecular formula is C18H16O4. The summed E-state index contributed by atoms with van der Waals surface area (Å²) >= 11 is 0. The number of hydrogen-bond donors (Lipinski definition) is 0. The third-order valence-electron chi connectivity index (χ3n) is 4.08. The van der Waals surface area contributed by atoms with Crippen LogP contribution in [0.4, 0.5) is 0 Å². The van der Waals surface area contributed by atoms with Gasteiger partial charge in [-0.2, -0.15) is 0 Å². The number of Topliss-reactive ketones (excluding diaryl/α,β-unsaturated/α-hetero) is 2. The van der Waals surface area contributed by atoms with Gasteiger partial charge in [-0.15, -0.1) is 0 Å². The van der Waals surface area contributed by atoms with Crippen molar-refractivity contribution in [1.29, 1.82) is 0 Å². The number of hydrogen-bond acceptors (Lipinski definition) is 4. The van der Waals surface area contributed by atoms with Gasteiger partial charge < -0.3 is 9.47 Å². The number of allylic oxidation sites excluding steroid dienone is 1. The molecule has 1 aliphatic carbocycles. The molecule has 0 unspecified atom stereocenters. The Balaban J connectivity index is 2.38. The van der Waals surface area contributed by atoms with Gasteiger partial charge in [0, 0.05) is 16.7 Å². The number of fused-ring (bicyclic) bond motifs is 2. The fraction of sp³-hybridized carbons (Fsp3) is 0.222. The number of ketones is 2. The average Bonchev–Trinajstić information content (AvgIpc) is 2.51. The zero-order chi connectivity index (χ0) is 16.0. The predicted molar refractivity (Wildman–Crippen MR) is 84.8 cm³/mol. The van der Waals surface area contributed by atoms with E-state index in [0.717, 1.165) is 21.9 Å². The number of rotatable bonds is 2. The molecule has 0 atom stereocenters. The van der Waals surface area contributed by atoms with Crippen LogP contribution >= 0.6 is 0 Å². The van der Waals surface area contributed by atoms with Crippen LogP contribution in [-0.2, 0) is 4.79 Å². The monoisotopic (exact) mass is 296 g/mol. The van der Waals surface area contributed by atoms with Crippen LogP contribution in [0.1, 0.15) is 28.4 Å². The Kier molecular flexibility index (Phi) is 3.24. The fourth-order valence-electron chi connectivity index (χ4n) is 2.91. The van der Waals surface area contributed by atoms with Gasteiger partial charge in [-0.25, -0.2) is 0 Å². The first-order valence-electron chi connectivity index (χ1n) is 6.94. The molecule has 0 bridgehead atoms. The predicted octanol–water partition coefficient (Wildman–Crippen LogP) is 3.33. The van der Waals surface area contributed by atoms with E-state index < -0.39 is 11.6 Å². The zero-order valence-electron chi connectivity index (χ0n) is 12.9. The second-order valence-corrected chi connectivity index (χ2v) is 5.38. The van der Waals surface area contributed by atoms with Gasteiger partial charge in [-0.3, -0.25) is 9.59 Å². The van der Waals surface area contributed by atoms with E-state index >= 15 is 0 Å². The van der Waals surface area contributed by atoms with Crippen LogP contribution in [0.3, 0.4) is 0 Å². The van der Waals surface area contributed by atoms with Crippen molar-refractivity contribution in [1.82, 2.24) is 0 Å². The summed E-state index contributed by atoms with van der Waals surface area (Å²) in [6.07, 6.45) is 1.76. The van der Waals surface area contributed by atoms with Crippen LogP contribution in [0.15, 0.2) is 23.8 Å². The molecule has 4 nitrogen and oxygen atoms in total. The molecule has 3 rings (SSSR count). The molecule has 0 aliphatic heterocycles. The van der Waals surface area contributed by atoms with Gasteiger partial charge in [0.15, 0.2) is 11.5 Å². The number of carbonyl (C=O) groups is 2. The Morgan fingerprint density at radius 1 is 0.909 bits per heavy atom. The Hall–Kier alpha value is -2.62. The molecule has 0 spiro atoms. The number of benzene rings is 2. The van der Waals surface area contributed by atoms with Crippen LogP contribution in [0.5, 0.6) is 11.5 Å². The van der Waals surface area contributed by atoms with Crippen molar-refractivity contribution >= 4 is 28.4 Å². The number of carbonyl (C=O) groups excluding carboxylic acids is 2. The van der Waals surface area contributed by atoms with E-state index in [1.54, 1.807) is 33.3 Å². The first kappa shape index (κ1) is 14.3. The van der Waals surface area contributed by atoms with Crippen molar-refractivity contribution in [2.45, 2.75) is 13.8 Å². The van der Waals surface area contributed by atoms with Gasteiger partial charge in [0.25, 0.3) is 0 Å². The normalized spacial score (nSPS) is 13.9. The molecule has 0 N–H and O–H groups in total. The zero-order valence-corrected chi connectivity index (χ0v) is 12.9. The van der Waals surface area contributed by atoms with E-state index in [4.69, 9.17) is 9.47 Å². The largest absolute Gasteiger partial charge is 0.493 e. The summed E-state index contributed by atoms with van der Waals surface area (Å²) in [5.41, 5.74) is 2.62.